The number of hydrogen-bond acceptors (Lipinski definition) is 1. The van der Waals surface area contributed by atoms with Crippen molar-refractivity contribution in [1.82, 2.24) is 0 Å². The third-order valence-electron chi connectivity index (χ3n) is 6.17. The van der Waals surface area contributed by atoms with Crippen molar-refractivity contribution in [3.8, 4) is 0 Å². The third kappa shape index (κ3) is 2.78. The Kier molecular flexibility index (Phi) is 4.40. The number of fused-ring (bicyclic) bond motifs is 2. The van der Waals surface area contributed by atoms with Gasteiger partial charge < -0.3 is 4.74 Å². The summed E-state index contributed by atoms with van der Waals surface area (Å²) in [5, 5.41) is 0. The van der Waals surface area contributed by atoms with E-state index in [0.29, 0.717) is 12.0 Å². The molecule has 4 rings (SSSR count). The summed E-state index contributed by atoms with van der Waals surface area (Å²) in [5.74, 6) is 1.58. The van der Waals surface area contributed by atoms with E-state index in [2.05, 4.69) is 67.6 Å². The Morgan fingerprint density at radius 3 is 1.96 bits per heavy atom. The van der Waals surface area contributed by atoms with Crippen LogP contribution in [-0.4, -0.2) is 11.7 Å². The molecule has 126 valence electrons. The van der Waals surface area contributed by atoms with E-state index in [1.54, 1.807) is 0 Å². The molecular formula is C22H25ClO. The van der Waals surface area contributed by atoms with Crippen LogP contribution in [0.2, 0.25) is 0 Å². The van der Waals surface area contributed by atoms with Crippen molar-refractivity contribution in [2.24, 2.45) is 11.8 Å². The van der Waals surface area contributed by atoms with Gasteiger partial charge in [-0.05, 0) is 55.6 Å². The predicted molar refractivity (Wildman–Crippen MR) is 99.3 cm³/mol. The average Bonchev–Trinajstić information content (AvgIpc) is 3.25. The molecule has 0 spiro atoms. The summed E-state index contributed by atoms with van der Waals surface area (Å²) in [5.41, 5.74) is 1.69. The number of hydrogen-bond donors (Lipinski definition) is 0. The lowest BCUT2D eigenvalue weighted by atomic mass is 9.76. The predicted octanol–water partition coefficient (Wildman–Crippen LogP) is 5.76. The highest BCUT2D eigenvalue weighted by Crippen LogP contribution is 2.48. The summed E-state index contributed by atoms with van der Waals surface area (Å²) < 4.78 is 6.48. The molecule has 2 aromatic rings. The number of benzene rings is 2. The number of alkyl halides is 1. The second kappa shape index (κ2) is 6.54. The van der Waals surface area contributed by atoms with Gasteiger partial charge in [0.2, 0.25) is 0 Å². The maximum absolute atomic E-state index is 6.95. The molecule has 4 atom stereocenters. The summed E-state index contributed by atoms with van der Waals surface area (Å²) in [7, 11) is 0. The molecule has 2 aliphatic rings. The average molecular weight is 341 g/mol. The summed E-state index contributed by atoms with van der Waals surface area (Å²) >= 11 is 6.95. The molecule has 2 aliphatic carbocycles. The first-order chi connectivity index (χ1) is 11.7. The third-order valence-corrected chi connectivity index (χ3v) is 6.71. The maximum atomic E-state index is 6.95. The normalized spacial score (nSPS) is 27.3. The lowest BCUT2D eigenvalue weighted by Crippen LogP contribution is -2.39. The molecule has 0 amide bonds. The van der Waals surface area contributed by atoms with Crippen molar-refractivity contribution in [2.75, 3.05) is 0 Å². The van der Waals surface area contributed by atoms with E-state index in [1.807, 2.05) is 0 Å². The van der Waals surface area contributed by atoms with Crippen LogP contribution in [0.1, 0.15) is 43.7 Å². The van der Waals surface area contributed by atoms with E-state index >= 15 is 0 Å². The standard InChI is InChI=1S/C22H25ClO/c1-22(18-8-4-2-5-9-18,19-10-6-3-7-11-19)21(23)24-20-15-16-12-13-17(20)14-16/h2-11,16-17,20-21H,12-15H2,1H3. The molecule has 2 fully saturated rings. The largest absolute Gasteiger partial charge is 0.358 e. The van der Waals surface area contributed by atoms with E-state index in [4.69, 9.17) is 16.3 Å². The zero-order valence-electron chi connectivity index (χ0n) is 14.2. The Hall–Kier alpha value is -1.31. The van der Waals surface area contributed by atoms with Crippen LogP contribution in [0, 0.1) is 11.8 Å². The zero-order chi connectivity index (χ0) is 16.6. The summed E-state index contributed by atoms with van der Waals surface area (Å²) in [6.45, 7) is 2.21. The molecular weight excluding hydrogens is 316 g/mol. The van der Waals surface area contributed by atoms with Gasteiger partial charge in [0, 0.05) is 0 Å². The zero-order valence-corrected chi connectivity index (χ0v) is 15.0. The molecule has 2 aromatic carbocycles. The van der Waals surface area contributed by atoms with Crippen LogP contribution in [0.4, 0.5) is 0 Å². The van der Waals surface area contributed by atoms with Gasteiger partial charge in [0.1, 0.15) is 5.56 Å². The molecule has 2 heteroatoms. The lowest BCUT2D eigenvalue weighted by molar-refractivity contribution is -0.0247. The SMILES string of the molecule is CC(c1ccccc1)(c1ccccc1)C(Cl)OC1CC2CCC1C2. The fourth-order valence-corrected chi connectivity index (χ4v) is 5.02. The van der Waals surface area contributed by atoms with Crippen molar-refractivity contribution in [3.63, 3.8) is 0 Å². The number of rotatable bonds is 5. The first-order valence-corrected chi connectivity index (χ1v) is 9.52. The van der Waals surface area contributed by atoms with Crippen LogP contribution < -0.4 is 0 Å². The molecule has 0 heterocycles. The monoisotopic (exact) mass is 340 g/mol. The van der Waals surface area contributed by atoms with Crippen molar-refractivity contribution < 1.29 is 4.74 Å². The molecule has 0 aromatic heterocycles. The Balaban J connectivity index is 1.65. The maximum Gasteiger partial charge on any atom is 0.144 e. The fourth-order valence-electron chi connectivity index (χ4n) is 4.64. The minimum absolute atomic E-state index is 0.331. The highest BCUT2D eigenvalue weighted by Gasteiger charge is 2.45. The van der Waals surface area contributed by atoms with Crippen LogP contribution in [0.15, 0.2) is 60.7 Å². The smallest absolute Gasteiger partial charge is 0.144 e. The van der Waals surface area contributed by atoms with Gasteiger partial charge in [-0.25, -0.2) is 0 Å². The Bertz CT molecular complexity index is 629. The Morgan fingerprint density at radius 1 is 0.917 bits per heavy atom. The summed E-state index contributed by atoms with van der Waals surface area (Å²) in [6, 6.07) is 21.1. The van der Waals surface area contributed by atoms with Gasteiger partial charge in [-0.15, -0.1) is 0 Å². The topological polar surface area (TPSA) is 9.23 Å². The van der Waals surface area contributed by atoms with Crippen LogP contribution >= 0.6 is 11.6 Å². The second-order valence-electron chi connectivity index (χ2n) is 7.60. The van der Waals surface area contributed by atoms with E-state index in [-0.39, 0.29) is 11.0 Å². The molecule has 1 nitrogen and oxygen atoms in total. The molecule has 0 saturated heterocycles. The van der Waals surface area contributed by atoms with Crippen LogP contribution in [0.3, 0.4) is 0 Å². The van der Waals surface area contributed by atoms with E-state index in [9.17, 15) is 0 Å². The van der Waals surface area contributed by atoms with Crippen molar-refractivity contribution in [1.29, 1.82) is 0 Å². The van der Waals surface area contributed by atoms with Gasteiger partial charge in [0.15, 0.2) is 0 Å². The molecule has 0 aliphatic heterocycles. The number of halogens is 1. The van der Waals surface area contributed by atoms with Gasteiger partial charge in [0.25, 0.3) is 0 Å². The lowest BCUT2D eigenvalue weighted by Gasteiger charge is -2.38. The quantitative estimate of drug-likeness (QED) is 0.628. The van der Waals surface area contributed by atoms with Crippen molar-refractivity contribution in [2.45, 2.75) is 49.7 Å². The molecule has 2 saturated carbocycles. The van der Waals surface area contributed by atoms with Crippen molar-refractivity contribution in [3.05, 3.63) is 71.8 Å². The minimum Gasteiger partial charge on any atom is -0.358 e. The van der Waals surface area contributed by atoms with E-state index in [0.717, 1.165) is 5.92 Å². The van der Waals surface area contributed by atoms with Crippen LogP contribution in [0.25, 0.3) is 0 Å². The minimum atomic E-state index is -0.369. The van der Waals surface area contributed by atoms with Gasteiger partial charge in [0.05, 0.1) is 11.5 Å². The first-order valence-electron chi connectivity index (χ1n) is 9.08. The molecule has 24 heavy (non-hydrogen) atoms. The Labute approximate surface area is 150 Å². The van der Waals surface area contributed by atoms with Crippen molar-refractivity contribution >= 4 is 11.6 Å². The van der Waals surface area contributed by atoms with E-state index < -0.39 is 0 Å². The second-order valence-corrected chi connectivity index (χ2v) is 8.00. The fraction of sp³-hybridized carbons (Fsp3) is 0.455. The van der Waals surface area contributed by atoms with Gasteiger partial charge in [-0.1, -0.05) is 72.3 Å². The van der Waals surface area contributed by atoms with Crippen LogP contribution in [0.5, 0.6) is 0 Å². The van der Waals surface area contributed by atoms with E-state index in [1.165, 1.54) is 36.8 Å². The van der Waals surface area contributed by atoms with Gasteiger partial charge in [-0.3, -0.25) is 0 Å². The molecule has 0 N–H and O–H groups in total. The number of ether oxygens (including phenoxy) is 1. The first kappa shape index (κ1) is 16.2. The van der Waals surface area contributed by atoms with Crippen LogP contribution in [-0.2, 0) is 10.2 Å². The molecule has 0 radical (unpaired) electrons. The van der Waals surface area contributed by atoms with Gasteiger partial charge in [-0.2, -0.15) is 0 Å². The summed E-state index contributed by atoms with van der Waals surface area (Å²) in [6.07, 6.45) is 5.55. The van der Waals surface area contributed by atoms with Gasteiger partial charge >= 0.3 is 0 Å². The Morgan fingerprint density at radius 2 is 1.50 bits per heavy atom. The summed E-state index contributed by atoms with van der Waals surface area (Å²) in [4.78, 5) is 0. The highest BCUT2D eigenvalue weighted by molar-refractivity contribution is 6.20. The molecule has 2 bridgehead atoms. The molecule has 4 unspecified atom stereocenters. The highest BCUT2D eigenvalue weighted by atomic mass is 35.5.